The molecule has 2 heterocycles. The molecule has 0 saturated heterocycles. The third-order valence-electron chi connectivity index (χ3n) is 3.86. The zero-order valence-corrected chi connectivity index (χ0v) is 16.3. The second-order valence-electron chi connectivity index (χ2n) is 5.52. The summed E-state index contributed by atoms with van der Waals surface area (Å²) in [5, 5.41) is 3.91. The Labute approximate surface area is 155 Å². The number of anilines is 1. The van der Waals surface area contributed by atoms with Crippen molar-refractivity contribution in [3.8, 4) is 22.1 Å². The van der Waals surface area contributed by atoms with Crippen LogP contribution < -0.4 is 14.2 Å². The highest BCUT2D eigenvalue weighted by Crippen LogP contribution is 2.35. The summed E-state index contributed by atoms with van der Waals surface area (Å²) >= 11 is 1.12. The van der Waals surface area contributed by atoms with Gasteiger partial charge in [-0.15, -0.1) is 11.3 Å². The van der Waals surface area contributed by atoms with Gasteiger partial charge in [0.1, 0.15) is 4.21 Å². The van der Waals surface area contributed by atoms with Crippen molar-refractivity contribution in [1.29, 1.82) is 0 Å². The summed E-state index contributed by atoms with van der Waals surface area (Å²) in [7, 11) is -0.736. The Bertz CT molecular complexity index is 1040. The van der Waals surface area contributed by atoms with E-state index in [4.69, 9.17) is 14.0 Å². The van der Waals surface area contributed by atoms with Crippen LogP contribution >= 0.6 is 11.3 Å². The molecule has 3 rings (SSSR count). The number of ether oxygens (including phenoxy) is 2. The average molecular weight is 394 g/mol. The van der Waals surface area contributed by atoms with E-state index >= 15 is 0 Å². The van der Waals surface area contributed by atoms with Crippen molar-refractivity contribution >= 4 is 27.0 Å². The van der Waals surface area contributed by atoms with Crippen LogP contribution in [0.15, 0.2) is 39.1 Å². The number of nitrogens with one attached hydrogen (secondary N) is 1. The summed E-state index contributed by atoms with van der Waals surface area (Å²) in [6.07, 6.45) is 0. The maximum absolute atomic E-state index is 12.7. The number of nitrogens with zero attached hydrogens (tertiary/aromatic N) is 1. The first-order valence-corrected chi connectivity index (χ1v) is 9.93. The number of aryl methyl sites for hydroxylation is 1. The minimum absolute atomic E-state index is 0.177. The van der Waals surface area contributed by atoms with Gasteiger partial charge < -0.3 is 14.0 Å². The molecule has 1 aromatic carbocycles. The number of sulfonamides is 1. The van der Waals surface area contributed by atoms with E-state index in [1.54, 1.807) is 30.3 Å². The van der Waals surface area contributed by atoms with Crippen LogP contribution in [0.25, 0.3) is 10.6 Å². The Hall–Kier alpha value is -2.52. The summed E-state index contributed by atoms with van der Waals surface area (Å²) in [5.74, 6) is 1.54. The standard InChI is InChI=1S/C17H18N2O5S2/c1-10-11(2)18-24-17(10)15-7-8-16(25-15)26(20,21)19-12-5-6-13(22-3)14(9-12)23-4/h5-9,19H,1-4H3. The van der Waals surface area contributed by atoms with Gasteiger partial charge >= 0.3 is 0 Å². The SMILES string of the molecule is COc1ccc(NS(=O)(=O)c2ccc(-c3onc(C)c3C)s2)cc1OC. The molecule has 0 aliphatic rings. The van der Waals surface area contributed by atoms with E-state index in [0.717, 1.165) is 22.6 Å². The van der Waals surface area contributed by atoms with E-state index in [2.05, 4.69) is 9.88 Å². The van der Waals surface area contributed by atoms with E-state index in [0.29, 0.717) is 27.8 Å². The minimum Gasteiger partial charge on any atom is -0.493 e. The molecule has 0 fully saturated rings. The molecule has 138 valence electrons. The fraction of sp³-hybridized carbons (Fsp3) is 0.235. The minimum atomic E-state index is -3.74. The van der Waals surface area contributed by atoms with Gasteiger partial charge in [-0.25, -0.2) is 8.42 Å². The molecular formula is C17H18N2O5S2. The molecule has 0 aliphatic heterocycles. The lowest BCUT2D eigenvalue weighted by Crippen LogP contribution is -2.11. The predicted molar refractivity (Wildman–Crippen MR) is 99.6 cm³/mol. The van der Waals surface area contributed by atoms with E-state index in [1.165, 1.54) is 14.2 Å². The van der Waals surface area contributed by atoms with Crippen LogP contribution in [0.3, 0.4) is 0 Å². The largest absolute Gasteiger partial charge is 0.493 e. The normalized spacial score (nSPS) is 11.4. The Morgan fingerprint density at radius 2 is 1.81 bits per heavy atom. The van der Waals surface area contributed by atoms with Gasteiger partial charge in [0.05, 0.1) is 30.5 Å². The highest BCUT2D eigenvalue weighted by Gasteiger charge is 2.21. The van der Waals surface area contributed by atoms with Crippen LogP contribution in [-0.4, -0.2) is 27.8 Å². The topological polar surface area (TPSA) is 90.7 Å². The molecule has 1 N–H and O–H groups in total. The maximum Gasteiger partial charge on any atom is 0.271 e. The van der Waals surface area contributed by atoms with Gasteiger partial charge in [-0.3, -0.25) is 4.72 Å². The predicted octanol–water partition coefficient (Wildman–Crippen LogP) is 3.84. The van der Waals surface area contributed by atoms with E-state index in [9.17, 15) is 8.42 Å². The fourth-order valence-electron chi connectivity index (χ4n) is 2.34. The molecule has 0 radical (unpaired) electrons. The molecule has 0 atom stereocenters. The molecule has 2 aromatic heterocycles. The second-order valence-corrected chi connectivity index (χ2v) is 8.51. The summed E-state index contributed by atoms with van der Waals surface area (Å²) < 4.78 is 43.7. The molecule has 0 aliphatic carbocycles. The molecule has 7 nitrogen and oxygen atoms in total. The highest BCUT2D eigenvalue weighted by atomic mass is 32.2. The zero-order chi connectivity index (χ0) is 18.9. The third kappa shape index (κ3) is 3.40. The number of hydrogen-bond acceptors (Lipinski definition) is 7. The number of aromatic nitrogens is 1. The van der Waals surface area contributed by atoms with Crippen molar-refractivity contribution in [2.75, 3.05) is 18.9 Å². The van der Waals surface area contributed by atoms with E-state index in [1.807, 2.05) is 13.8 Å². The molecule has 3 aromatic rings. The molecule has 26 heavy (non-hydrogen) atoms. The highest BCUT2D eigenvalue weighted by molar-refractivity contribution is 7.94. The Morgan fingerprint density at radius 1 is 1.08 bits per heavy atom. The van der Waals surface area contributed by atoms with Crippen molar-refractivity contribution in [2.45, 2.75) is 18.1 Å². The second kappa shape index (κ2) is 7.00. The number of methoxy groups -OCH3 is 2. The quantitative estimate of drug-likeness (QED) is 0.683. The van der Waals surface area contributed by atoms with Crippen LogP contribution in [-0.2, 0) is 10.0 Å². The van der Waals surface area contributed by atoms with Gasteiger partial charge in [-0.2, -0.15) is 0 Å². The summed E-state index contributed by atoms with van der Waals surface area (Å²) in [5.41, 5.74) is 2.05. The number of hydrogen-bond donors (Lipinski definition) is 1. The van der Waals surface area contributed by atoms with Crippen LogP contribution in [0.1, 0.15) is 11.3 Å². The first-order valence-electron chi connectivity index (χ1n) is 7.63. The van der Waals surface area contributed by atoms with Crippen LogP contribution in [0, 0.1) is 13.8 Å². The van der Waals surface area contributed by atoms with Crippen molar-refractivity contribution in [2.24, 2.45) is 0 Å². The summed E-state index contributed by atoms with van der Waals surface area (Å²) in [4.78, 5) is 0.704. The number of rotatable bonds is 6. The molecule has 0 spiro atoms. The van der Waals surface area contributed by atoms with Crippen molar-refractivity contribution < 1.29 is 22.4 Å². The zero-order valence-electron chi connectivity index (χ0n) is 14.7. The summed E-state index contributed by atoms with van der Waals surface area (Å²) in [6, 6.07) is 8.06. The van der Waals surface area contributed by atoms with Gasteiger partial charge in [0.2, 0.25) is 0 Å². The van der Waals surface area contributed by atoms with Gasteiger partial charge in [-0.05, 0) is 38.1 Å². The van der Waals surface area contributed by atoms with Crippen LogP contribution in [0.2, 0.25) is 0 Å². The number of benzene rings is 1. The maximum atomic E-state index is 12.7. The molecule has 9 heteroatoms. The Morgan fingerprint density at radius 3 is 2.42 bits per heavy atom. The molecular weight excluding hydrogens is 376 g/mol. The smallest absolute Gasteiger partial charge is 0.271 e. The van der Waals surface area contributed by atoms with Gasteiger partial charge in [0.25, 0.3) is 10.0 Å². The van der Waals surface area contributed by atoms with Crippen molar-refractivity contribution in [1.82, 2.24) is 5.16 Å². The molecule has 0 bridgehead atoms. The Kier molecular flexibility index (Phi) is 4.92. The molecule has 0 amide bonds. The van der Waals surface area contributed by atoms with Crippen molar-refractivity contribution in [3.05, 3.63) is 41.6 Å². The van der Waals surface area contributed by atoms with Crippen LogP contribution in [0.4, 0.5) is 5.69 Å². The summed E-state index contributed by atoms with van der Waals surface area (Å²) in [6.45, 7) is 3.73. The van der Waals surface area contributed by atoms with Crippen LogP contribution in [0.5, 0.6) is 11.5 Å². The Balaban J connectivity index is 1.89. The van der Waals surface area contributed by atoms with E-state index < -0.39 is 10.0 Å². The fourth-order valence-corrected chi connectivity index (χ4v) is 4.73. The third-order valence-corrected chi connectivity index (χ3v) is 6.82. The molecule has 0 saturated carbocycles. The monoisotopic (exact) mass is 394 g/mol. The van der Waals surface area contributed by atoms with Gasteiger partial charge in [0.15, 0.2) is 17.3 Å². The first-order chi connectivity index (χ1) is 12.4. The number of thiophene rings is 1. The molecule has 0 unspecified atom stereocenters. The van der Waals surface area contributed by atoms with Gasteiger partial charge in [0, 0.05) is 11.6 Å². The lowest BCUT2D eigenvalue weighted by Gasteiger charge is -2.11. The van der Waals surface area contributed by atoms with Crippen molar-refractivity contribution in [3.63, 3.8) is 0 Å². The van der Waals surface area contributed by atoms with Gasteiger partial charge in [-0.1, -0.05) is 5.16 Å². The lowest BCUT2D eigenvalue weighted by molar-refractivity contribution is 0.355. The van der Waals surface area contributed by atoms with E-state index in [-0.39, 0.29) is 4.21 Å². The average Bonchev–Trinajstić information content (AvgIpc) is 3.23. The lowest BCUT2D eigenvalue weighted by atomic mass is 10.2. The first kappa shape index (κ1) is 18.3.